The third kappa shape index (κ3) is 6.19. The largest absolute Gasteiger partial charge is 0.480 e. The van der Waals surface area contributed by atoms with Gasteiger partial charge >= 0.3 is 12.0 Å². The van der Waals surface area contributed by atoms with Crippen molar-refractivity contribution in [1.82, 2.24) is 20.2 Å². The van der Waals surface area contributed by atoms with Gasteiger partial charge in [0.25, 0.3) is 0 Å². The van der Waals surface area contributed by atoms with Crippen LogP contribution in [0.1, 0.15) is 19.3 Å². The monoisotopic (exact) mass is 284 g/mol. The minimum Gasteiger partial charge on any atom is -0.480 e. The molecule has 0 aliphatic carbocycles. The first-order valence-corrected chi connectivity index (χ1v) is 6.47. The summed E-state index contributed by atoms with van der Waals surface area (Å²) in [5.41, 5.74) is 0. The van der Waals surface area contributed by atoms with Crippen LogP contribution in [-0.2, 0) is 11.3 Å². The molecule has 0 spiro atoms. The van der Waals surface area contributed by atoms with Gasteiger partial charge in [-0.15, -0.1) is 0 Å². The summed E-state index contributed by atoms with van der Waals surface area (Å²) < 4.78 is 1.95. The van der Waals surface area contributed by atoms with E-state index >= 15 is 0 Å². The number of rotatable bonds is 9. The fourth-order valence-corrected chi connectivity index (χ4v) is 1.64. The molecule has 0 aromatic carbocycles. The van der Waals surface area contributed by atoms with Crippen LogP contribution in [0.4, 0.5) is 4.79 Å². The summed E-state index contributed by atoms with van der Waals surface area (Å²) in [5.74, 6) is -1.16. The van der Waals surface area contributed by atoms with Gasteiger partial charge in [-0.25, -0.2) is 14.6 Å². The molecule has 1 rings (SSSR count). The van der Waals surface area contributed by atoms with E-state index in [0.29, 0.717) is 6.54 Å². The molecule has 0 fully saturated rings. The number of carbonyl (C=O) groups excluding carboxylic acids is 1. The molecule has 112 valence electrons. The van der Waals surface area contributed by atoms with Crippen LogP contribution in [0.5, 0.6) is 0 Å². The van der Waals surface area contributed by atoms with Gasteiger partial charge in [0, 0.05) is 38.5 Å². The van der Waals surface area contributed by atoms with Crippen LogP contribution in [0.3, 0.4) is 0 Å². The highest BCUT2D eigenvalue weighted by Gasteiger charge is 2.18. The van der Waals surface area contributed by atoms with Crippen LogP contribution >= 0.6 is 0 Å². The molecule has 2 amide bonds. The Balaban J connectivity index is 2.11. The predicted molar refractivity (Wildman–Crippen MR) is 71.1 cm³/mol. The van der Waals surface area contributed by atoms with Crippen molar-refractivity contribution in [2.75, 3.05) is 13.2 Å². The van der Waals surface area contributed by atoms with Crippen molar-refractivity contribution in [1.29, 1.82) is 0 Å². The van der Waals surface area contributed by atoms with E-state index in [0.717, 1.165) is 19.4 Å². The molecule has 20 heavy (non-hydrogen) atoms. The summed E-state index contributed by atoms with van der Waals surface area (Å²) in [5, 5.41) is 22.4. The number of aliphatic hydroxyl groups excluding tert-OH is 1. The second kappa shape index (κ2) is 8.92. The number of aryl methyl sites for hydroxylation is 1. The number of hydrogen-bond donors (Lipinski definition) is 4. The molecule has 1 atom stereocenters. The van der Waals surface area contributed by atoms with E-state index in [1.54, 1.807) is 12.5 Å². The topological polar surface area (TPSA) is 116 Å². The molecular weight excluding hydrogens is 264 g/mol. The van der Waals surface area contributed by atoms with Gasteiger partial charge in [-0.1, -0.05) is 0 Å². The van der Waals surface area contributed by atoms with Crippen LogP contribution in [0.2, 0.25) is 0 Å². The van der Waals surface area contributed by atoms with E-state index in [1.807, 2.05) is 10.8 Å². The fraction of sp³-hybridized carbons (Fsp3) is 0.583. The number of amides is 2. The Morgan fingerprint density at radius 3 is 2.75 bits per heavy atom. The average Bonchev–Trinajstić information content (AvgIpc) is 2.91. The Labute approximate surface area is 116 Å². The number of aliphatic carboxylic acids is 1. The number of aromatic nitrogens is 2. The van der Waals surface area contributed by atoms with Crippen LogP contribution in [0.25, 0.3) is 0 Å². The smallest absolute Gasteiger partial charge is 0.326 e. The van der Waals surface area contributed by atoms with Crippen LogP contribution in [0.15, 0.2) is 18.7 Å². The zero-order valence-corrected chi connectivity index (χ0v) is 11.2. The minimum absolute atomic E-state index is 0.0105. The van der Waals surface area contributed by atoms with Crippen molar-refractivity contribution in [3.8, 4) is 0 Å². The second-order valence-electron chi connectivity index (χ2n) is 4.31. The average molecular weight is 284 g/mol. The number of nitrogens with one attached hydrogen (secondary N) is 2. The van der Waals surface area contributed by atoms with Crippen molar-refractivity contribution in [2.45, 2.75) is 31.8 Å². The highest BCUT2D eigenvalue weighted by Crippen LogP contribution is 1.94. The van der Waals surface area contributed by atoms with Crippen LogP contribution < -0.4 is 10.6 Å². The molecule has 0 aliphatic rings. The molecule has 0 saturated heterocycles. The molecule has 0 bridgehead atoms. The lowest BCUT2D eigenvalue weighted by Crippen LogP contribution is -2.46. The summed E-state index contributed by atoms with van der Waals surface area (Å²) in [6.07, 6.45) is 6.96. The highest BCUT2D eigenvalue weighted by atomic mass is 16.4. The third-order valence-electron chi connectivity index (χ3n) is 2.71. The van der Waals surface area contributed by atoms with Crippen molar-refractivity contribution < 1.29 is 19.8 Å². The maximum Gasteiger partial charge on any atom is 0.326 e. The number of carboxylic acids is 1. The lowest BCUT2D eigenvalue weighted by Gasteiger charge is -2.13. The van der Waals surface area contributed by atoms with Gasteiger partial charge in [-0.2, -0.15) is 0 Å². The Bertz CT molecular complexity index is 408. The fourth-order valence-electron chi connectivity index (χ4n) is 1.64. The summed E-state index contributed by atoms with van der Waals surface area (Å²) in [6.45, 7) is 1.000. The molecule has 0 radical (unpaired) electrons. The van der Waals surface area contributed by atoms with Crippen LogP contribution in [-0.4, -0.2) is 51.0 Å². The molecule has 8 nitrogen and oxygen atoms in total. The zero-order valence-electron chi connectivity index (χ0n) is 11.2. The lowest BCUT2D eigenvalue weighted by molar-refractivity contribution is -0.139. The number of imidazole rings is 1. The molecule has 0 aliphatic heterocycles. The van der Waals surface area contributed by atoms with Gasteiger partial charge < -0.3 is 25.4 Å². The number of urea groups is 1. The first-order valence-electron chi connectivity index (χ1n) is 6.47. The molecule has 0 saturated carbocycles. The molecule has 1 aromatic heterocycles. The normalized spacial score (nSPS) is 11.8. The van der Waals surface area contributed by atoms with E-state index in [9.17, 15) is 9.59 Å². The zero-order chi connectivity index (χ0) is 14.8. The van der Waals surface area contributed by atoms with E-state index < -0.39 is 18.0 Å². The first kappa shape index (κ1) is 16.0. The maximum atomic E-state index is 11.4. The van der Waals surface area contributed by atoms with E-state index in [4.69, 9.17) is 10.2 Å². The number of carboxylic acid groups (broad SMARTS) is 1. The third-order valence-corrected chi connectivity index (χ3v) is 2.71. The van der Waals surface area contributed by atoms with Crippen molar-refractivity contribution in [3.63, 3.8) is 0 Å². The van der Waals surface area contributed by atoms with Crippen LogP contribution in [0, 0.1) is 0 Å². The first-order chi connectivity index (χ1) is 9.63. The van der Waals surface area contributed by atoms with E-state index in [-0.39, 0.29) is 13.0 Å². The quantitative estimate of drug-likeness (QED) is 0.468. The van der Waals surface area contributed by atoms with Crippen molar-refractivity contribution >= 4 is 12.0 Å². The molecular formula is C12H20N4O4. The summed E-state index contributed by atoms with van der Waals surface area (Å²) >= 11 is 0. The second-order valence-corrected chi connectivity index (χ2v) is 4.31. The van der Waals surface area contributed by atoms with E-state index in [2.05, 4.69) is 15.6 Å². The maximum absolute atomic E-state index is 11.4. The van der Waals surface area contributed by atoms with Gasteiger partial charge in [0.05, 0.1) is 6.33 Å². The Kier molecular flexibility index (Phi) is 7.12. The molecule has 8 heteroatoms. The summed E-state index contributed by atoms with van der Waals surface area (Å²) in [6, 6.07) is -1.60. The molecule has 0 unspecified atom stereocenters. The Hall–Kier alpha value is -2.09. The molecule has 1 aromatic rings. The molecule has 4 N–H and O–H groups in total. The minimum atomic E-state index is -1.16. The van der Waals surface area contributed by atoms with Crippen molar-refractivity contribution in [2.24, 2.45) is 0 Å². The van der Waals surface area contributed by atoms with Gasteiger partial charge in [0.15, 0.2) is 0 Å². The number of hydrogen-bond acceptors (Lipinski definition) is 4. The standard InChI is InChI=1S/C12H20N4O4/c17-8-3-10(11(18)19)15-12(20)14-4-1-2-6-16-7-5-13-9-16/h5,7,9-10,17H,1-4,6,8H2,(H,18,19)(H2,14,15,20)/t10-/m0/s1. The summed E-state index contributed by atoms with van der Waals surface area (Å²) in [4.78, 5) is 26.1. The van der Waals surface area contributed by atoms with Gasteiger partial charge in [-0.05, 0) is 12.8 Å². The highest BCUT2D eigenvalue weighted by molar-refractivity contribution is 5.82. The van der Waals surface area contributed by atoms with Crippen molar-refractivity contribution in [3.05, 3.63) is 18.7 Å². The van der Waals surface area contributed by atoms with Gasteiger partial charge in [0.1, 0.15) is 6.04 Å². The summed E-state index contributed by atoms with van der Waals surface area (Å²) in [7, 11) is 0. The van der Waals surface area contributed by atoms with Gasteiger partial charge in [-0.3, -0.25) is 0 Å². The Morgan fingerprint density at radius 1 is 1.35 bits per heavy atom. The number of nitrogens with zero attached hydrogens (tertiary/aromatic N) is 2. The SMILES string of the molecule is O=C(NCCCCn1ccnc1)N[C@@H](CCO)C(=O)O. The Morgan fingerprint density at radius 2 is 2.15 bits per heavy atom. The van der Waals surface area contributed by atoms with E-state index in [1.165, 1.54) is 0 Å². The number of unbranched alkanes of at least 4 members (excludes halogenated alkanes) is 1. The predicted octanol–water partition coefficient (Wildman–Crippen LogP) is -0.202. The van der Waals surface area contributed by atoms with Gasteiger partial charge in [0.2, 0.25) is 0 Å². The number of carbonyl (C=O) groups is 2. The number of aliphatic hydroxyl groups is 1. The molecule has 1 heterocycles. The lowest BCUT2D eigenvalue weighted by atomic mass is 10.2.